The number of rotatable bonds is 6. The van der Waals surface area contributed by atoms with Crippen molar-refractivity contribution < 1.29 is 14.3 Å². The Bertz CT molecular complexity index is 331. The summed E-state index contributed by atoms with van der Waals surface area (Å²) in [5.41, 5.74) is 5.61. The van der Waals surface area contributed by atoms with Gasteiger partial charge < -0.3 is 15.2 Å². The molecule has 0 aliphatic carbocycles. The zero-order valence-corrected chi connectivity index (χ0v) is 9.96. The summed E-state index contributed by atoms with van der Waals surface area (Å²) in [6.45, 7) is 1.15. The smallest absolute Gasteiger partial charge is 0.252 e. The number of primary amides is 1. The molecule has 5 heteroatoms. The Labute approximate surface area is 101 Å². The van der Waals surface area contributed by atoms with Crippen LogP contribution in [0.5, 0.6) is 5.75 Å². The maximum absolute atomic E-state index is 11.0. The Morgan fingerprint density at radius 1 is 1.31 bits per heavy atom. The van der Waals surface area contributed by atoms with Crippen molar-refractivity contribution in [3.05, 3.63) is 29.8 Å². The molecule has 0 atom stereocenters. The summed E-state index contributed by atoms with van der Waals surface area (Å²) in [6, 6.07) is 6.93. The summed E-state index contributed by atoms with van der Waals surface area (Å²) in [6.07, 6.45) is 0.781. The van der Waals surface area contributed by atoms with E-state index in [-0.39, 0.29) is 12.4 Å². The Morgan fingerprint density at radius 2 is 2.00 bits per heavy atom. The van der Waals surface area contributed by atoms with Crippen LogP contribution in [0.2, 0.25) is 0 Å². The van der Waals surface area contributed by atoms with Crippen LogP contribution in [0.1, 0.15) is 16.8 Å². The number of amides is 1. The molecule has 4 nitrogen and oxygen atoms in total. The second-order valence-corrected chi connectivity index (χ2v) is 3.06. The van der Waals surface area contributed by atoms with Gasteiger partial charge in [-0.15, -0.1) is 12.4 Å². The SMILES string of the molecule is COCCCOc1ccccc1C(N)=O.Cl. The predicted octanol–water partition coefficient (Wildman–Crippen LogP) is 1.62. The van der Waals surface area contributed by atoms with Crippen molar-refractivity contribution in [1.82, 2.24) is 0 Å². The van der Waals surface area contributed by atoms with Gasteiger partial charge in [0.05, 0.1) is 12.2 Å². The number of para-hydroxylation sites is 1. The molecule has 0 fully saturated rings. The van der Waals surface area contributed by atoms with E-state index in [4.69, 9.17) is 15.2 Å². The minimum absolute atomic E-state index is 0. The fraction of sp³-hybridized carbons (Fsp3) is 0.364. The van der Waals surface area contributed by atoms with Crippen LogP contribution in [0.3, 0.4) is 0 Å². The third kappa shape index (κ3) is 4.51. The molecule has 90 valence electrons. The minimum Gasteiger partial charge on any atom is -0.493 e. The van der Waals surface area contributed by atoms with Gasteiger partial charge in [-0.25, -0.2) is 0 Å². The van der Waals surface area contributed by atoms with Crippen LogP contribution < -0.4 is 10.5 Å². The van der Waals surface area contributed by atoms with Gasteiger partial charge in [0.1, 0.15) is 5.75 Å². The van der Waals surface area contributed by atoms with E-state index in [1.165, 1.54) is 0 Å². The summed E-state index contributed by atoms with van der Waals surface area (Å²) in [5, 5.41) is 0. The van der Waals surface area contributed by atoms with Crippen molar-refractivity contribution in [2.24, 2.45) is 5.73 Å². The van der Waals surface area contributed by atoms with E-state index in [9.17, 15) is 4.79 Å². The van der Waals surface area contributed by atoms with E-state index in [1.54, 1.807) is 31.4 Å². The number of nitrogens with two attached hydrogens (primary N) is 1. The molecule has 0 heterocycles. The maximum Gasteiger partial charge on any atom is 0.252 e. The lowest BCUT2D eigenvalue weighted by Gasteiger charge is -2.08. The molecule has 1 rings (SSSR count). The van der Waals surface area contributed by atoms with Crippen LogP contribution in [0.4, 0.5) is 0 Å². The second kappa shape index (κ2) is 7.96. The molecule has 0 saturated heterocycles. The number of methoxy groups -OCH3 is 1. The van der Waals surface area contributed by atoms with Gasteiger partial charge in [0, 0.05) is 20.1 Å². The molecule has 1 aromatic carbocycles. The molecule has 0 radical (unpaired) electrons. The maximum atomic E-state index is 11.0. The lowest BCUT2D eigenvalue weighted by Crippen LogP contribution is -2.13. The van der Waals surface area contributed by atoms with E-state index in [2.05, 4.69) is 0 Å². The molecule has 16 heavy (non-hydrogen) atoms. The molecule has 0 saturated carbocycles. The van der Waals surface area contributed by atoms with Crippen molar-refractivity contribution in [3.63, 3.8) is 0 Å². The van der Waals surface area contributed by atoms with Crippen LogP contribution in [0.15, 0.2) is 24.3 Å². The third-order valence-electron chi connectivity index (χ3n) is 1.90. The van der Waals surface area contributed by atoms with Crippen molar-refractivity contribution in [2.45, 2.75) is 6.42 Å². The molecule has 2 N–H and O–H groups in total. The molecule has 1 amide bonds. The molecule has 0 aromatic heterocycles. The van der Waals surface area contributed by atoms with Gasteiger partial charge in [0.25, 0.3) is 5.91 Å². The fourth-order valence-electron chi connectivity index (χ4n) is 1.18. The standard InChI is InChI=1S/C11H15NO3.ClH/c1-14-7-4-8-15-10-6-3-2-5-9(10)11(12)13;/h2-3,5-6H,4,7-8H2,1H3,(H2,12,13);1H. The highest BCUT2D eigenvalue weighted by molar-refractivity contribution is 5.95. The first kappa shape index (κ1) is 14.7. The number of benzene rings is 1. The van der Waals surface area contributed by atoms with Gasteiger partial charge in [0.2, 0.25) is 0 Å². The number of ether oxygens (including phenoxy) is 2. The van der Waals surface area contributed by atoms with E-state index < -0.39 is 5.91 Å². The average molecular weight is 246 g/mol. The Hall–Kier alpha value is -1.26. The number of hydrogen-bond donors (Lipinski definition) is 1. The highest BCUT2D eigenvalue weighted by Gasteiger charge is 2.07. The zero-order valence-electron chi connectivity index (χ0n) is 9.14. The summed E-state index contributed by atoms with van der Waals surface area (Å²) in [4.78, 5) is 11.0. The third-order valence-corrected chi connectivity index (χ3v) is 1.90. The van der Waals surface area contributed by atoms with Crippen molar-refractivity contribution in [1.29, 1.82) is 0 Å². The van der Waals surface area contributed by atoms with E-state index >= 15 is 0 Å². The van der Waals surface area contributed by atoms with Crippen LogP contribution >= 0.6 is 12.4 Å². The molecule has 0 aliphatic heterocycles. The van der Waals surface area contributed by atoms with Crippen molar-refractivity contribution in [3.8, 4) is 5.75 Å². The van der Waals surface area contributed by atoms with Gasteiger partial charge >= 0.3 is 0 Å². The van der Waals surface area contributed by atoms with E-state index in [0.717, 1.165) is 6.42 Å². The van der Waals surface area contributed by atoms with Crippen molar-refractivity contribution in [2.75, 3.05) is 20.3 Å². The Balaban J connectivity index is 0.00000225. The molecule has 0 aliphatic rings. The quantitative estimate of drug-likeness (QED) is 0.775. The first-order valence-corrected chi connectivity index (χ1v) is 4.76. The number of carbonyl (C=O) groups excluding carboxylic acids is 1. The first-order chi connectivity index (χ1) is 7.25. The molecule has 0 spiro atoms. The van der Waals surface area contributed by atoms with Crippen molar-refractivity contribution >= 4 is 18.3 Å². The summed E-state index contributed by atoms with van der Waals surface area (Å²) in [5.74, 6) is 0.0541. The van der Waals surface area contributed by atoms with Gasteiger partial charge in [0.15, 0.2) is 0 Å². The Morgan fingerprint density at radius 3 is 2.62 bits per heavy atom. The van der Waals surface area contributed by atoms with Crippen LogP contribution in [0.25, 0.3) is 0 Å². The summed E-state index contributed by atoms with van der Waals surface area (Å²) < 4.78 is 10.3. The monoisotopic (exact) mass is 245 g/mol. The highest BCUT2D eigenvalue weighted by Crippen LogP contribution is 2.17. The summed E-state index contributed by atoms with van der Waals surface area (Å²) >= 11 is 0. The molecule has 0 unspecified atom stereocenters. The van der Waals surface area contributed by atoms with Crippen LogP contribution in [-0.4, -0.2) is 26.2 Å². The minimum atomic E-state index is -0.475. The second-order valence-electron chi connectivity index (χ2n) is 3.06. The highest BCUT2D eigenvalue weighted by atomic mass is 35.5. The molecule has 0 bridgehead atoms. The number of halogens is 1. The topological polar surface area (TPSA) is 61.6 Å². The first-order valence-electron chi connectivity index (χ1n) is 4.76. The normalized spacial score (nSPS) is 9.31. The molecular formula is C11H16ClNO3. The molecule has 1 aromatic rings. The largest absolute Gasteiger partial charge is 0.493 e. The van der Waals surface area contributed by atoms with Gasteiger partial charge in [-0.2, -0.15) is 0 Å². The van der Waals surface area contributed by atoms with E-state index in [1.807, 2.05) is 0 Å². The van der Waals surface area contributed by atoms with E-state index in [0.29, 0.717) is 24.5 Å². The lowest BCUT2D eigenvalue weighted by molar-refractivity contribution is 0.0995. The lowest BCUT2D eigenvalue weighted by atomic mass is 10.2. The summed E-state index contributed by atoms with van der Waals surface area (Å²) in [7, 11) is 1.64. The average Bonchev–Trinajstić information content (AvgIpc) is 2.25. The van der Waals surface area contributed by atoms with Gasteiger partial charge in [-0.1, -0.05) is 12.1 Å². The van der Waals surface area contributed by atoms with Gasteiger partial charge in [-0.3, -0.25) is 4.79 Å². The van der Waals surface area contributed by atoms with Crippen LogP contribution in [-0.2, 0) is 4.74 Å². The number of hydrogen-bond acceptors (Lipinski definition) is 3. The fourth-order valence-corrected chi connectivity index (χ4v) is 1.18. The molecular weight excluding hydrogens is 230 g/mol. The zero-order chi connectivity index (χ0) is 11.1. The van der Waals surface area contributed by atoms with Crippen LogP contribution in [0, 0.1) is 0 Å². The number of carbonyl (C=O) groups is 1. The van der Waals surface area contributed by atoms with Gasteiger partial charge in [-0.05, 0) is 12.1 Å². The Kier molecular flexibility index (Phi) is 7.33. The predicted molar refractivity (Wildman–Crippen MR) is 64.2 cm³/mol.